The first-order valence-corrected chi connectivity index (χ1v) is 9.37. The molecule has 1 aromatic carbocycles. The summed E-state index contributed by atoms with van der Waals surface area (Å²) in [5, 5.41) is 0.814. The Hall–Kier alpha value is -0.590. The highest BCUT2D eigenvalue weighted by Gasteiger charge is 2.34. The number of halogens is 1. The smallest absolute Gasteiger partial charge is 0.243 e. The van der Waals surface area contributed by atoms with Crippen molar-refractivity contribution in [2.24, 2.45) is 0 Å². The summed E-state index contributed by atoms with van der Waals surface area (Å²) < 4.78 is 32.2. The Kier molecular flexibility index (Phi) is 5.46. The molecule has 0 aromatic heterocycles. The fourth-order valence-corrected chi connectivity index (χ4v) is 4.25. The molecule has 1 aliphatic rings. The highest BCUT2D eigenvalue weighted by atomic mass is 79.9. The van der Waals surface area contributed by atoms with Crippen LogP contribution >= 0.6 is 15.9 Å². The first-order chi connectivity index (χ1) is 9.59. The highest BCUT2D eigenvalue weighted by Crippen LogP contribution is 2.30. The first-order valence-electron chi connectivity index (χ1n) is 6.81. The second-order valence-corrected chi connectivity index (χ2v) is 7.60. The van der Waals surface area contributed by atoms with Crippen LogP contribution in [0.25, 0.3) is 0 Å². The molecular formula is C14H20BrNO3S. The molecule has 1 fully saturated rings. The van der Waals surface area contributed by atoms with Crippen molar-refractivity contribution in [3.63, 3.8) is 0 Å². The second-order valence-electron chi connectivity index (χ2n) is 4.92. The van der Waals surface area contributed by atoms with E-state index in [9.17, 15) is 8.42 Å². The van der Waals surface area contributed by atoms with E-state index >= 15 is 0 Å². The van der Waals surface area contributed by atoms with Crippen LogP contribution in [0.4, 0.5) is 0 Å². The third-order valence-corrected chi connectivity index (χ3v) is 6.19. The molecule has 0 spiro atoms. The number of methoxy groups -OCH3 is 1. The van der Waals surface area contributed by atoms with Gasteiger partial charge < -0.3 is 4.74 Å². The summed E-state index contributed by atoms with van der Waals surface area (Å²) in [7, 11) is -1.83. The van der Waals surface area contributed by atoms with Gasteiger partial charge in [0.25, 0.3) is 0 Å². The third kappa shape index (κ3) is 3.35. The van der Waals surface area contributed by atoms with Crippen LogP contribution in [0.1, 0.15) is 25.7 Å². The Bertz CT molecular complexity index is 526. The van der Waals surface area contributed by atoms with E-state index in [1.165, 1.54) is 0 Å². The van der Waals surface area contributed by atoms with Crippen molar-refractivity contribution in [1.29, 1.82) is 0 Å². The topological polar surface area (TPSA) is 46.6 Å². The molecule has 1 saturated carbocycles. The second kappa shape index (κ2) is 6.91. The SMILES string of the molecule is COc1ccc(S(=O)(=O)N(CCCBr)C2CCC2)cc1. The molecule has 4 nitrogen and oxygen atoms in total. The van der Waals surface area contributed by atoms with Crippen LogP contribution in [0.5, 0.6) is 5.75 Å². The van der Waals surface area contributed by atoms with Crippen molar-refractivity contribution in [3.8, 4) is 5.75 Å². The predicted octanol–water partition coefficient (Wildman–Crippen LogP) is 3.02. The molecule has 112 valence electrons. The molecule has 0 amide bonds. The minimum absolute atomic E-state index is 0.168. The Balaban J connectivity index is 2.23. The molecule has 20 heavy (non-hydrogen) atoms. The summed E-state index contributed by atoms with van der Waals surface area (Å²) in [6, 6.07) is 6.79. The zero-order valence-electron chi connectivity index (χ0n) is 11.6. The minimum Gasteiger partial charge on any atom is -0.497 e. The zero-order chi connectivity index (χ0) is 14.6. The molecule has 0 unspecified atom stereocenters. The molecule has 0 aliphatic heterocycles. The van der Waals surface area contributed by atoms with Gasteiger partial charge in [0.05, 0.1) is 12.0 Å². The molecule has 0 radical (unpaired) electrons. The number of hydrogen-bond acceptors (Lipinski definition) is 3. The first kappa shape index (κ1) is 15.8. The van der Waals surface area contributed by atoms with Gasteiger partial charge in [-0.2, -0.15) is 4.31 Å². The number of alkyl halides is 1. The normalized spacial score (nSPS) is 16.1. The lowest BCUT2D eigenvalue weighted by atomic mass is 9.93. The average molecular weight is 362 g/mol. The monoisotopic (exact) mass is 361 g/mol. The van der Waals surface area contributed by atoms with Gasteiger partial charge in [-0.3, -0.25) is 0 Å². The molecule has 1 aromatic rings. The van der Waals surface area contributed by atoms with Gasteiger partial charge in [0.15, 0.2) is 0 Å². The Morgan fingerprint density at radius 3 is 2.40 bits per heavy atom. The maximum Gasteiger partial charge on any atom is 0.243 e. The van der Waals surface area contributed by atoms with Gasteiger partial charge in [0.2, 0.25) is 10.0 Å². The van der Waals surface area contributed by atoms with Crippen LogP contribution in [0.3, 0.4) is 0 Å². The van der Waals surface area contributed by atoms with Crippen LogP contribution in [0, 0.1) is 0 Å². The van der Waals surface area contributed by atoms with Gasteiger partial charge in [-0.25, -0.2) is 8.42 Å². The Morgan fingerprint density at radius 2 is 1.95 bits per heavy atom. The van der Waals surface area contributed by atoms with Gasteiger partial charge in [-0.1, -0.05) is 22.4 Å². The van der Waals surface area contributed by atoms with Crippen LogP contribution in [0.15, 0.2) is 29.2 Å². The van der Waals surface area contributed by atoms with E-state index in [-0.39, 0.29) is 6.04 Å². The lowest BCUT2D eigenvalue weighted by molar-refractivity contribution is 0.220. The molecule has 0 bridgehead atoms. The fourth-order valence-electron chi connectivity index (χ4n) is 2.27. The Morgan fingerprint density at radius 1 is 1.30 bits per heavy atom. The molecule has 0 N–H and O–H groups in total. The zero-order valence-corrected chi connectivity index (χ0v) is 14.0. The molecule has 0 saturated heterocycles. The quantitative estimate of drug-likeness (QED) is 0.701. The van der Waals surface area contributed by atoms with E-state index in [0.29, 0.717) is 17.2 Å². The van der Waals surface area contributed by atoms with E-state index in [1.54, 1.807) is 35.7 Å². The summed E-state index contributed by atoms with van der Waals surface area (Å²) >= 11 is 3.37. The maximum atomic E-state index is 12.7. The summed E-state index contributed by atoms with van der Waals surface area (Å²) in [5.41, 5.74) is 0. The van der Waals surface area contributed by atoms with Crippen molar-refractivity contribution < 1.29 is 13.2 Å². The highest BCUT2D eigenvalue weighted by molar-refractivity contribution is 9.09. The standard InChI is InChI=1S/C14H20BrNO3S/c1-19-13-6-8-14(9-7-13)20(17,18)16(11-3-10-15)12-4-2-5-12/h6-9,12H,2-5,10-11H2,1H3. The van der Waals surface area contributed by atoms with Crippen molar-refractivity contribution in [1.82, 2.24) is 4.31 Å². The lowest BCUT2D eigenvalue weighted by Gasteiger charge is -2.36. The molecule has 1 aliphatic carbocycles. The fraction of sp³-hybridized carbons (Fsp3) is 0.571. The van der Waals surface area contributed by atoms with Crippen LogP contribution < -0.4 is 4.74 Å². The van der Waals surface area contributed by atoms with E-state index in [1.807, 2.05) is 0 Å². The van der Waals surface area contributed by atoms with Crippen molar-refractivity contribution in [2.75, 3.05) is 19.0 Å². The van der Waals surface area contributed by atoms with E-state index < -0.39 is 10.0 Å². The number of nitrogens with zero attached hydrogens (tertiary/aromatic N) is 1. The lowest BCUT2D eigenvalue weighted by Crippen LogP contribution is -2.44. The van der Waals surface area contributed by atoms with Crippen LogP contribution in [0.2, 0.25) is 0 Å². The summed E-state index contributed by atoms with van der Waals surface area (Å²) in [4.78, 5) is 0.347. The summed E-state index contributed by atoms with van der Waals surface area (Å²) in [6.07, 6.45) is 3.88. The van der Waals surface area contributed by atoms with E-state index in [2.05, 4.69) is 15.9 Å². The maximum absolute atomic E-state index is 12.7. The van der Waals surface area contributed by atoms with Gasteiger partial charge in [-0.05, 0) is 43.5 Å². The van der Waals surface area contributed by atoms with Gasteiger partial charge in [-0.15, -0.1) is 0 Å². The van der Waals surface area contributed by atoms with Crippen molar-refractivity contribution in [2.45, 2.75) is 36.6 Å². The largest absolute Gasteiger partial charge is 0.497 e. The van der Waals surface area contributed by atoms with Crippen molar-refractivity contribution in [3.05, 3.63) is 24.3 Å². The minimum atomic E-state index is -3.40. The van der Waals surface area contributed by atoms with Crippen LogP contribution in [-0.4, -0.2) is 37.7 Å². The average Bonchev–Trinajstić information content (AvgIpc) is 2.41. The van der Waals surface area contributed by atoms with Gasteiger partial charge >= 0.3 is 0 Å². The number of sulfonamides is 1. The van der Waals surface area contributed by atoms with Crippen LogP contribution in [-0.2, 0) is 10.0 Å². The molecule has 0 heterocycles. The van der Waals surface area contributed by atoms with E-state index in [0.717, 1.165) is 31.0 Å². The molecule has 6 heteroatoms. The molecule has 0 atom stereocenters. The summed E-state index contributed by atoms with van der Waals surface area (Å²) in [6.45, 7) is 0.574. The number of rotatable bonds is 7. The number of ether oxygens (including phenoxy) is 1. The predicted molar refractivity (Wildman–Crippen MR) is 82.9 cm³/mol. The van der Waals surface area contributed by atoms with Crippen molar-refractivity contribution >= 4 is 26.0 Å². The number of hydrogen-bond donors (Lipinski definition) is 0. The molecular weight excluding hydrogens is 342 g/mol. The number of benzene rings is 1. The molecule has 2 rings (SSSR count). The van der Waals surface area contributed by atoms with Gasteiger partial charge in [0, 0.05) is 17.9 Å². The third-order valence-electron chi connectivity index (χ3n) is 3.66. The van der Waals surface area contributed by atoms with Gasteiger partial charge in [0.1, 0.15) is 5.75 Å². The Labute approximate surface area is 129 Å². The van der Waals surface area contributed by atoms with E-state index in [4.69, 9.17) is 4.74 Å². The summed E-state index contributed by atoms with van der Waals surface area (Å²) in [5.74, 6) is 0.666.